The van der Waals surface area contributed by atoms with Crippen LogP contribution in [-0.2, 0) is 4.79 Å². The van der Waals surface area contributed by atoms with Crippen LogP contribution < -0.4 is 11.1 Å². The standard InChI is InChI=1S/C12H24N2O2/c1-5-7(2)10(13)11(16)14-8-6-9(15)12(8,3)4/h7-10,15H,5-6,13H2,1-4H3,(H,14,16). The molecule has 0 aromatic carbocycles. The highest BCUT2D eigenvalue weighted by atomic mass is 16.3. The van der Waals surface area contributed by atoms with Gasteiger partial charge in [-0.25, -0.2) is 0 Å². The summed E-state index contributed by atoms with van der Waals surface area (Å²) in [5.74, 6) is 0.0902. The van der Waals surface area contributed by atoms with E-state index < -0.39 is 6.04 Å². The molecule has 4 nitrogen and oxygen atoms in total. The molecule has 0 bridgehead atoms. The van der Waals surface area contributed by atoms with Crippen LogP contribution in [0.5, 0.6) is 0 Å². The second-order valence-electron chi connectivity index (χ2n) is 5.55. The zero-order valence-electron chi connectivity index (χ0n) is 10.7. The predicted molar refractivity (Wildman–Crippen MR) is 63.8 cm³/mol. The van der Waals surface area contributed by atoms with Crippen LogP contribution in [0, 0.1) is 11.3 Å². The highest BCUT2D eigenvalue weighted by molar-refractivity contribution is 5.82. The molecule has 1 aliphatic rings. The van der Waals surface area contributed by atoms with Gasteiger partial charge < -0.3 is 16.2 Å². The number of amides is 1. The molecular formula is C12H24N2O2. The molecule has 1 fully saturated rings. The molecule has 94 valence electrons. The monoisotopic (exact) mass is 228 g/mol. The van der Waals surface area contributed by atoms with E-state index in [0.717, 1.165) is 6.42 Å². The molecule has 1 saturated carbocycles. The zero-order chi connectivity index (χ0) is 12.5. The van der Waals surface area contributed by atoms with E-state index in [-0.39, 0.29) is 29.4 Å². The zero-order valence-corrected chi connectivity index (χ0v) is 10.7. The number of hydrogen-bond donors (Lipinski definition) is 3. The van der Waals surface area contributed by atoms with Gasteiger partial charge in [-0.05, 0) is 12.3 Å². The molecule has 0 aromatic heterocycles. The molecule has 1 aliphatic carbocycles. The van der Waals surface area contributed by atoms with Crippen molar-refractivity contribution in [3.8, 4) is 0 Å². The fourth-order valence-electron chi connectivity index (χ4n) is 1.93. The largest absolute Gasteiger partial charge is 0.392 e. The van der Waals surface area contributed by atoms with E-state index >= 15 is 0 Å². The average Bonchev–Trinajstić information content (AvgIpc) is 2.26. The van der Waals surface area contributed by atoms with E-state index in [9.17, 15) is 9.90 Å². The molecule has 0 radical (unpaired) electrons. The van der Waals surface area contributed by atoms with Crippen LogP contribution in [0.1, 0.15) is 40.5 Å². The van der Waals surface area contributed by atoms with Crippen molar-refractivity contribution in [2.45, 2.75) is 58.7 Å². The molecule has 4 atom stereocenters. The third kappa shape index (κ3) is 2.38. The smallest absolute Gasteiger partial charge is 0.237 e. The molecule has 1 amide bonds. The van der Waals surface area contributed by atoms with Crippen LogP contribution in [0.15, 0.2) is 0 Å². The van der Waals surface area contributed by atoms with Crippen LogP contribution in [0.4, 0.5) is 0 Å². The molecule has 4 heteroatoms. The molecule has 0 aromatic rings. The minimum atomic E-state index is -0.446. The van der Waals surface area contributed by atoms with Gasteiger partial charge in [0.25, 0.3) is 0 Å². The van der Waals surface area contributed by atoms with Crippen LogP contribution in [0.2, 0.25) is 0 Å². The Hall–Kier alpha value is -0.610. The third-order valence-electron chi connectivity index (χ3n) is 4.09. The molecule has 16 heavy (non-hydrogen) atoms. The summed E-state index contributed by atoms with van der Waals surface area (Å²) in [6.45, 7) is 7.92. The molecular weight excluding hydrogens is 204 g/mol. The first-order valence-corrected chi connectivity index (χ1v) is 6.04. The summed E-state index contributed by atoms with van der Waals surface area (Å²) in [7, 11) is 0. The van der Waals surface area contributed by atoms with Crippen molar-refractivity contribution in [3.05, 3.63) is 0 Å². The van der Waals surface area contributed by atoms with Gasteiger partial charge in [-0.3, -0.25) is 4.79 Å². The van der Waals surface area contributed by atoms with E-state index in [0.29, 0.717) is 6.42 Å². The lowest BCUT2D eigenvalue weighted by atomic mass is 9.64. The normalized spacial score (nSPS) is 31.4. The number of hydrogen-bond acceptors (Lipinski definition) is 3. The predicted octanol–water partition coefficient (Wildman–Crippen LogP) is 0.635. The first-order chi connectivity index (χ1) is 7.30. The van der Waals surface area contributed by atoms with Gasteiger partial charge >= 0.3 is 0 Å². The summed E-state index contributed by atoms with van der Waals surface area (Å²) in [5.41, 5.74) is 5.62. The van der Waals surface area contributed by atoms with Crippen molar-refractivity contribution in [1.29, 1.82) is 0 Å². The van der Waals surface area contributed by atoms with Gasteiger partial charge in [0, 0.05) is 11.5 Å². The maximum atomic E-state index is 11.8. The van der Waals surface area contributed by atoms with Crippen molar-refractivity contribution >= 4 is 5.91 Å². The molecule has 0 aliphatic heterocycles. The Labute approximate surface area is 97.6 Å². The Kier molecular flexibility index (Phi) is 3.97. The topological polar surface area (TPSA) is 75.4 Å². The first-order valence-electron chi connectivity index (χ1n) is 6.04. The van der Waals surface area contributed by atoms with Gasteiger partial charge in [-0.1, -0.05) is 34.1 Å². The van der Waals surface area contributed by atoms with Crippen molar-refractivity contribution in [2.24, 2.45) is 17.1 Å². The van der Waals surface area contributed by atoms with Crippen LogP contribution in [0.25, 0.3) is 0 Å². The number of aliphatic hydroxyl groups excluding tert-OH is 1. The Morgan fingerprint density at radius 1 is 1.62 bits per heavy atom. The van der Waals surface area contributed by atoms with Crippen LogP contribution in [0.3, 0.4) is 0 Å². The third-order valence-corrected chi connectivity index (χ3v) is 4.09. The highest BCUT2D eigenvalue weighted by Gasteiger charge is 2.48. The van der Waals surface area contributed by atoms with Crippen molar-refractivity contribution in [2.75, 3.05) is 0 Å². The molecule has 0 spiro atoms. The van der Waals surface area contributed by atoms with Crippen LogP contribution in [-0.4, -0.2) is 29.2 Å². The maximum Gasteiger partial charge on any atom is 0.237 e. The van der Waals surface area contributed by atoms with Gasteiger partial charge in [0.1, 0.15) is 0 Å². The Balaban J connectivity index is 2.47. The van der Waals surface area contributed by atoms with E-state index in [4.69, 9.17) is 5.73 Å². The summed E-state index contributed by atoms with van der Waals surface area (Å²) in [4.78, 5) is 11.8. The van der Waals surface area contributed by atoms with E-state index in [1.165, 1.54) is 0 Å². The lowest BCUT2D eigenvalue weighted by molar-refractivity contribution is -0.131. The molecule has 1 rings (SSSR count). The second-order valence-corrected chi connectivity index (χ2v) is 5.55. The molecule has 0 saturated heterocycles. The van der Waals surface area contributed by atoms with Crippen molar-refractivity contribution in [3.63, 3.8) is 0 Å². The summed E-state index contributed by atoms with van der Waals surface area (Å²) < 4.78 is 0. The number of carbonyl (C=O) groups is 1. The maximum absolute atomic E-state index is 11.8. The van der Waals surface area contributed by atoms with Gasteiger partial charge in [0.2, 0.25) is 5.91 Å². The van der Waals surface area contributed by atoms with Gasteiger partial charge in [-0.2, -0.15) is 0 Å². The highest BCUT2D eigenvalue weighted by Crippen LogP contribution is 2.40. The van der Waals surface area contributed by atoms with Crippen molar-refractivity contribution < 1.29 is 9.90 Å². The lowest BCUT2D eigenvalue weighted by Gasteiger charge is -2.49. The number of aliphatic hydroxyl groups is 1. The second kappa shape index (κ2) is 4.72. The fraction of sp³-hybridized carbons (Fsp3) is 0.917. The van der Waals surface area contributed by atoms with E-state index in [1.807, 2.05) is 27.7 Å². The van der Waals surface area contributed by atoms with Gasteiger partial charge in [-0.15, -0.1) is 0 Å². The summed E-state index contributed by atoms with van der Waals surface area (Å²) >= 11 is 0. The minimum Gasteiger partial charge on any atom is -0.392 e. The number of nitrogens with one attached hydrogen (secondary N) is 1. The molecule has 4 N–H and O–H groups in total. The average molecular weight is 228 g/mol. The van der Waals surface area contributed by atoms with Gasteiger partial charge in [0.05, 0.1) is 12.1 Å². The number of rotatable bonds is 4. The Bertz CT molecular complexity index is 266. The minimum absolute atomic E-state index is 0.0464. The Morgan fingerprint density at radius 2 is 2.19 bits per heavy atom. The Morgan fingerprint density at radius 3 is 2.56 bits per heavy atom. The fourth-order valence-corrected chi connectivity index (χ4v) is 1.93. The van der Waals surface area contributed by atoms with E-state index in [2.05, 4.69) is 5.32 Å². The summed E-state index contributed by atoms with van der Waals surface area (Å²) in [5, 5.41) is 12.5. The number of carbonyl (C=O) groups excluding carboxylic acids is 1. The van der Waals surface area contributed by atoms with Crippen molar-refractivity contribution in [1.82, 2.24) is 5.32 Å². The van der Waals surface area contributed by atoms with E-state index in [1.54, 1.807) is 0 Å². The SMILES string of the molecule is CCC(C)C(N)C(=O)NC1CC(O)C1(C)C. The lowest BCUT2D eigenvalue weighted by Crippen LogP contribution is -2.63. The summed E-state index contributed by atoms with van der Waals surface area (Å²) in [6, 6.07) is -0.399. The van der Waals surface area contributed by atoms with Gasteiger partial charge in [0.15, 0.2) is 0 Å². The molecule has 4 unspecified atom stereocenters. The summed E-state index contributed by atoms with van der Waals surface area (Å²) in [6.07, 6.45) is 1.20. The molecule has 0 heterocycles. The van der Waals surface area contributed by atoms with Crippen LogP contribution >= 0.6 is 0 Å². The number of nitrogens with two attached hydrogens (primary N) is 1. The first kappa shape index (κ1) is 13.5. The quantitative estimate of drug-likeness (QED) is 0.661.